The molecule has 0 saturated heterocycles. The Kier molecular flexibility index (Phi) is 4.39. The fraction of sp³-hybridized carbons (Fsp3) is 0.238. The SMILES string of the molecule is CCN(C(=O)Cn1ncc2c1-c1cc(C)ccc1OC2)c1ccccc1F. The topological polar surface area (TPSA) is 47.4 Å². The highest BCUT2D eigenvalue weighted by Gasteiger charge is 2.25. The molecule has 0 saturated carbocycles. The van der Waals surface area contributed by atoms with Gasteiger partial charge in [0.2, 0.25) is 5.91 Å². The van der Waals surface area contributed by atoms with Gasteiger partial charge in [-0.15, -0.1) is 0 Å². The maximum atomic E-state index is 14.1. The Morgan fingerprint density at radius 2 is 2.11 bits per heavy atom. The van der Waals surface area contributed by atoms with Crippen molar-refractivity contribution < 1.29 is 13.9 Å². The van der Waals surface area contributed by atoms with Gasteiger partial charge in [-0.3, -0.25) is 9.48 Å². The van der Waals surface area contributed by atoms with Crippen LogP contribution in [0.15, 0.2) is 48.7 Å². The minimum absolute atomic E-state index is 0.0326. The lowest BCUT2D eigenvalue weighted by atomic mass is 10.0. The molecule has 138 valence electrons. The van der Waals surface area contributed by atoms with Gasteiger partial charge >= 0.3 is 0 Å². The highest BCUT2D eigenvalue weighted by molar-refractivity contribution is 5.93. The molecular weight excluding hydrogens is 345 g/mol. The van der Waals surface area contributed by atoms with Crippen molar-refractivity contribution in [3.8, 4) is 17.0 Å². The number of fused-ring (bicyclic) bond motifs is 3. The van der Waals surface area contributed by atoms with E-state index in [4.69, 9.17) is 4.74 Å². The van der Waals surface area contributed by atoms with Crippen LogP contribution in [0.4, 0.5) is 10.1 Å². The van der Waals surface area contributed by atoms with Crippen LogP contribution >= 0.6 is 0 Å². The summed E-state index contributed by atoms with van der Waals surface area (Å²) < 4.78 is 21.6. The second-order valence-corrected chi connectivity index (χ2v) is 6.55. The van der Waals surface area contributed by atoms with Crippen molar-refractivity contribution in [3.63, 3.8) is 0 Å². The predicted octanol–water partition coefficient (Wildman–Crippen LogP) is 3.94. The molecule has 0 fully saturated rings. The normalized spacial score (nSPS) is 12.1. The number of benzene rings is 2. The van der Waals surface area contributed by atoms with Crippen molar-refractivity contribution in [3.05, 3.63) is 65.6 Å². The first kappa shape index (κ1) is 17.3. The molecule has 4 rings (SSSR count). The number of likely N-dealkylation sites (N-methyl/N-ethyl adjacent to an activating group) is 1. The van der Waals surface area contributed by atoms with Crippen molar-refractivity contribution in [1.82, 2.24) is 9.78 Å². The number of carbonyl (C=O) groups is 1. The number of carbonyl (C=O) groups excluding carboxylic acids is 1. The van der Waals surface area contributed by atoms with Crippen LogP contribution in [-0.2, 0) is 17.9 Å². The summed E-state index contributed by atoms with van der Waals surface area (Å²) in [4.78, 5) is 14.4. The first-order valence-electron chi connectivity index (χ1n) is 8.92. The molecule has 0 aliphatic carbocycles. The number of halogens is 1. The summed E-state index contributed by atoms with van der Waals surface area (Å²) in [5.74, 6) is 0.155. The quantitative estimate of drug-likeness (QED) is 0.703. The minimum Gasteiger partial charge on any atom is -0.488 e. The standard InChI is InChI=1S/C21H20FN3O2/c1-3-24(18-7-5-4-6-17(18)22)20(26)12-25-21-15(11-23-25)13-27-19-9-8-14(2)10-16(19)21/h4-11H,3,12-13H2,1-2H3. The van der Waals surface area contributed by atoms with E-state index < -0.39 is 5.82 Å². The van der Waals surface area contributed by atoms with E-state index in [-0.39, 0.29) is 18.1 Å². The Balaban J connectivity index is 1.68. The van der Waals surface area contributed by atoms with E-state index in [1.165, 1.54) is 11.0 Å². The molecule has 0 spiro atoms. The van der Waals surface area contributed by atoms with Gasteiger partial charge in [0.25, 0.3) is 0 Å². The number of para-hydroxylation sites is 1. The first-order valence-corrected chi connectivity index (χ1v) is 8.92. The molecule has 0 unspecified atom stereocenters. The van der Waals surface area contributed by atoms with Crippen LogP contribution in [0.1, 0.15) is 18.1 Å². The third-order valence-electron chi connectivity index (χ3n) is 4.73. The number of hydrogen-bond donors (Lipinski definition) is 0. The largest absolute Gasteiger partial charge is 0.488 e. The summed E-state index contributed by atoms with van der Waals surface area (Å²) in [7, 11) is 0. The molecule has 0 N–H and O–H groups in total. The Hall–Kier alpha value is -3.15. The van der Waals surface area contributed by atoms with E-state index >= 15 is 0 Å². The lowest BCUT2D eigenvalue weighted by Gasteiger charge is -2.23. The number of aromatic nitrogens is 2. The van der Waals surface area contributed by atoms with Gasteiger partial charge in [0.05, 0.1) is 17.6 Å². The maximum absolute atomic E-state index is 14.1. The van der Waals surface area contributed by atoms with E-state index in [0.29, 0.717) is 13.2 Å². The van der Waals surface area contributed by atoms with Crippen LogP contribution in [0, 0.1) is 12.7 Å². The Morgan fingerprint density at radius 1 is 1.30 bits per heavy atom. The van der Waals surface area contributed by atoms with Crippen molar-refractivity contribution in [2.75, 3.05) is 11.4 Å². The van der Waals surface area contributed by atoms with Crippen molar-refractivity contribution in [2.45, 2.75) is 27.0 Å². The Morgan fingerprint density at radius 3 is 2.89 bits per heavy atom. The summed E-state index contributed by atoms with van der Waals surface area (Å²) in [5.41, 5.74) is 4.14. The average Bonchev–Trinajstić information content (AvgIpc) is 3.07. The summed E-state index contributed by atoms with van der Waals surface area (Å²) in [5, 5.41) is 4.39. The zero-order chi connectivity index (χ0) is 19.0. The average molecular weight is 365 g/mol. The van der Waals surface area contributed by atoms with Crippen molar-refractivity contribution in [2.24, 2.45) is 0 Å². The van der Waals surface area contributed by atoms with Gasteiger partial charge in [-0.1, -0.05) is 23.8 Å². The zero-order valence-electron chi connectivity index (χ0n) is 15.3. The summed E-state index contributed by atoms with van der Waals surface area (Å²) in [6, 6.07) is 12.3. The van der Waals surface area contributed by atoms with E-state index in [9.17, 15) is 9.18 Å². The van der Waals surface area contributed by atoms with Crippen LogP contribution < -0.4 is 9.64 Å². The summed E-state index contributed by atoms with van der Waals surface area (Å²) in [6.07, 6.45) is 1.73. The fourth-order valence-electron chi connectivity index (χ4n) is 3.44. The van der Waals surface area contributed by atoms with Crippen LogP contribution in [0.3, 0.4) is 0 Å². The molecule has 1 amide bonds. The Labute approximate surface area is 157 Å². The molecule has 0 atom stereocenters. The molecule has 1 aliphatic rings. The number of anilines is 1. The molecule has 0 bridgehead atoms. The molecule has 2 aromatic carbocycles. The van der Waals surface area contributed by atoms with Gasteiger partial charge < -0.3 is 9.64 Å². The monoisotopic (exact) mass is 365 g/mol. The molecular formula is C21H20FN3O2. The van der Waals surface area contributed by atoms with Crippen LogP contribution in [0.25, 0.3) is 11.3 Å². The highest BCUT2D eigenvalue weighted by Crippen LogP contribution is 2.38. The van der Waals surface area contributed by atoms with E-state index in [1.54, 1.807) is 29.1 Å². The maximum Gasteiger partial charge on any atom is 0.248 e. The van der Waals surface area contributed by atoms with Gasteiger partial charge in [-0.05, 0) is 38.1 Å². The van der Waals surface area contributed by atoms with E-state index in [0.717, 1.165) is 28.1 Å². The number of nitrogens with zero attached hydrogens (tertiary/aromatic N) is 3. The first-order chi connectivity index (χ1) is 13.1. The predicted molar refractivity (Wildman–Crippen MR) is 101 cm³/mol. The Bertz CT molecular complexity index is 1010. The molecule has 0 radical (unpaired) electrons. The molecule has 1 aromatic heterocycles. The second-order valence-electron chi connectivity index (χ2n) is 6.55. The van der Waals surface area contributed by atoms with Crippen LogP contribution in [0.2, 0.25) is 0 Å². The summed E-state index contributed by atoms with van der Waals surface area (Å²) in [6.45, 7) is 4.67. The fourth-order valence-corrected chi connectivity index (χ4v) is 3.44. The molecule has 2 heterocycles. The third kappa shape index (κ3) is 3.07. The molecule has 27 heavy (non-hydrogen) atoms. The van der Waals surface area contributed by atoms with Gasteiger partial charge in [0, 0.05) is 17.7 Å². The number of rotatable bonds is 4. The van der Waals surface area contributed by atoms with Crippen LogP contribution in [0.5, 0.6) is 5.75 Å². The van der Waals surface area contributed by atoms with Gasteiger partial charge in [-0.25, -0.2) is 4.39 Å². The van der Waals surface area contributed by atoms with Gasteiger partial charge in [0.1, 0.15) is 24.7 Å². The molecule has 3 aromatic rings. The van der Waals surface area contributed by atoms with E-state index in [2.05, 4.69) is 5.10 Å². The second kappa shape index (κ2) is 6.87. The van der Waals surface area contributed by atoms with Crippen molar-refractivity contribution >= 4 is 11.6 Å². The smallest absolute Gasteiger partial charge is 0.248 e. The van der Waals surface area contributed by atoms with Gasteiger partial charge in [0.15, 0.2) is 0 Å². The zero-order valence-corrected chi connectivity index (χ0v) is 15.3. The number of aryl methyl sites for hydroxylation is 1. The molecule has 6 heteroatoms. The van der Waals surface area contributed by atoms with Crippen molar-refractivity contribution in [1.29, 1.82) is 0 Å². The molecule has 5 nitrogen and oxygen atoms in total. The number of ether oxygens (including phenoxy) is 1. The lowest BCUT2D eigenvalue weighted by Crippen LogP contribution is -2.34. The number of hydrogen-bond acceptors (Lipinski definition) is 3. The third-order valence-corrected chi connectivity index (χ3v) is 4.73. The highest BCUT2D eigenvalue weighted by atomic mass is 19.1. The lowest BCUT2D eigenvalue weighted by molar-refractivity contribution is -0.119. The van der Waals surface area contributed by atoms with Gasteiger partial charge in [-0.2, -0.15) is 5.10 Å². The number of amides is 1. The van der Waals surface area contributed by atoms with E-state index in [1.807, 2.05) is 32.0 Å². The van der Waals surface area contributed by atoms with Crippen LogP contribution in [-0.4, -0.2) is 22.2 Å². The molecule has 1 aliphatic heterocycles. The minimum atomic E-state index is -0.412. The summed E-state index contributed by atoms with van der Waals surface area (Å²) >= 11 is 0.